The van der Waals surface area contributed by atoms with Gasteiger partial charge in [-0.2, -0.15) is 0 Å². The summed E-state index contributed by atoms with van der Waals surface area (Å²) in [6.07, 6.45) is 0. The Bertz CT molecular complexity index is 562. The van der Waals surface area contributed by atoms with E-state index in [0.717, 1.165) is 13.1 Å². The Morgan fingerprint density at radius 3 is 2.52 bits per heavy atom. The van der Waals surface area contributed by atoms with E-state index in [4.69, 9.17) is 19.9 Å². The number of esters is 1. The smallest absolute Gasteiger partial charge is 0.339 e. The van der Waals surface area contributed by atoms with Gasteiger partial charge in [0.25, 0.3) is 0 Å². The summed E-state index contributed by atoms with van der Waals surface area (Å²) in [4.78, 5) is 20.7. The Labute approximate surface area is 145 Å². The molecule has 2 rings (SSSR count). The molecule has 10 heteroatoms. The molecule has 1 aliphatic rings. The fourth-order valence-electron chi connectivity index (χ4n) is 2.43. The SMILES string of the molecule is COc1cc(C(=O)OCN2CCN(CCON(O)O)CC2)ccc1O. The third kappa shape index (κ3) is 6.12. The first kappa shape index (κ1) is 19.4. The van der Waals surface area contributed by atoms with Gasteiger partial charge >= 0.3 is 5.97 Å². The number of rotatable bonds is 8. The van der Waals surface area contributed by atoms with Gasteiger partial charge in [-0.15, -0.1) is 0 Å². The number of carbonyl (C=O) groups is 1. The van der Waals surface area contributed by atoms with Crippen LogP contribution in [0, 0.1) is 0 Å². The van der Waals surface area contributed by atoms with Crippen molar-refractivity contribution in [3.8, 4) is 11.5 Å². The lowest BCUT2D eigenvalue weighted by molar-refractivity contribution is -0.492. The summed E-state index contributed by atoms with van der Waals surface area (Å²) < 4.78 is 10.3. The summed E-state index contributed by atoms with van der Waals surface area (Å²) in [5.41, 5.74) is 0.308. The van der Waals surface area contributed by atoms with Crippen molar-refractivity contribution >= 4 is 5.97 Å². The Hall–Kier alpha value is -1.95. The number of phenols is 1. The van der Waals surface area contributed by atoms with Crippen LogP contribution in [0.5, 0.6) is 11.5 Å². The number of hydrogen-bond acceptors (Lipinski definition) is 10. The van der Waals surface area contributed by atoms with Crippen molar-refractivity contribution in [3.63, 3.8) is 0 Å². The van der Waals surface area contributed by atoms with Crippen LogP contribution in [0.25, 0.3) is 0 Å². The molecule has 0 aromatic heterocycles. The summed E-state index contributed by atoms with van der Waals surface area (Å²) in [6.45, 7) is 3.86. The minimum atomic E-state index is -0.486. The highest BCUT2D eigenvalue weighted by Gasteiger charge is 2.19. The average Bonchev–Trinajstić information content (AvgIpc) is 2.61. The second kappa shape index (κ2) is 9.51. The minimum Gasteiger partial charge on any atom is -0.504 e. The molecular formula is C15H23N3O7. The van der Waals surface area contributed by atoms with Crippen LogP contribution in [0.1, 0.15) is 10.4 Å². The highest BCUT2D eigenvalue weighted by molar-refractivity contribution is 5.90. The van der Waals surface area contributed by atoms with Crippen molar-refractivity contribution in [1.82, 2.24) is 15.2 Å². The van der Waals surface area contributed by atoms with Crippen LogP contribution in [-0.4, -0.2) is 89.9 Å². The highest BCUT2D eigenvalue weighted by Crippen LogP contribution is 2.26. The molecule has 1 saturated heterocycles. The fraction of sp³-hybridized carbons (Fsp3) is 0.533. The number of nitrogens with zero attached hydrogens (tertiary/aromatic N) is 3. The normalized spacial score (nSPS) is 16.2. The molecule has 140 valence electrons. The molecule has 0 amide bonds. The summed E-state index contributed by atoms with van der Waals surface area (Å²) in [5, 5.41) is 26.2. The van der Waals surface area contributed by atoms with Gasteiger partial charge < -0.3 is 14.6 Å². The van der Waals surface area contributed by atoms with E-state index < -0.39 is 5.97 Å². The maximum atomic E-state index is 12.1. The molecule has 3 N–H and O–H groups in total. The topological polar surface area (TPSA) is 115 Å². The van der Waals surface area contributed by atoms with Gasteiger partial charge in [0.1, 0.15) is 6.73 Å². The molecule has 10 nitrogen and oxygen atoms in total. The van der Waals surface area contributed by atoms with Crippen LogP contribution >= 0.6 is 0 Å². The van der Waals surface area contributed by atoms with Crippen LogP contribution in [0.3, 0.4) is 0 Å². The standard InChI is InChI=1S/C15H23N3O7/c1-23-14-10-12(2-3-13(14)19)15(20)24-11-17-6-4-16(5-7-17)8-9-25-18(21)22/h2-3,10,19,21-22H,4-9,11H2,1H3. The zero-order valence-corrected chi connectivity index (χ0v) is 14.0. The summed E-state index contributed by atoms with van der Waals surface area (Å²) >= 11 is 0. The Balaban J connectivity index is 1.71. The lowest BCUT2D eigenvalue weighted by atomic mass is 10.2. The van der Waals surface area contributed by atoms with Crippen molar-refractivity contribution in [2.45, 2.75) is 0 Å². The molecule has 0 atom stereocenters. The number of ether oxygens (including phenoxy) is 2. The van der Waals surface area contributed by atoms with E-state index in [0.29, 0.717) is 25.2 Å². The fourth-order valence-corrected chi connectivity index (χ4v) is 2.43. The number of benzene rings is 1. The van der Waals surface area contributed by atoms with Gasteiger partial charge in [-0.25, -0.2) is 9.63 Å². The first-order valence-electron chi connectivity index (χ1n) is 7.79. The van der Waals surface area contributed by atoms with Gasteiger partial charge in [-0.05, 0) is 18.2 Å². The Morgan fingerprint density at radius 1 is 1.20 bits per heavy atom. The molecule has 25 heavy (non-hydrogen) atoms. The first-order chi connectivity index (χ1) is 12.0. The number of piperazine rings is 1. The molecule has 0 spiro atoms. The van der Waals surface area contributed by atoms with Gasteiger partial charge in [0.05, 0.1) is 24.7 Å². The summed E-state index contributed by atoms with van der Waals surface area (Å²) in [5.74, 6) is -0.306. The number of carbonyl (C=O) groups excluding carboxylic acids is 1. The minimum absolute atomic E-state index is 0.0373. The largest absolute Gasteiger partial charge is 0.504 e. The number of methoxy groups -OCH3 is 1. The molecule has 0 aliphatic carbocycles. The molecule has 1 aliphatic heterocycles. The molecule has 1 heterocycles. The van der Waals surface area contributed by atoms with E-state index in [1.54, 1.807) is 0 Å². The maximum absolute atomic E-state index is 12.1. The quantitative estimate of drug-likeness (QED) is 0.438. The van der Waals surface area contributed by atoms with Crippen molar-refractivity contribution in [2.75, 3.05) is 53.2 Å². The van der Waals surface area contributed by atoms with Gasteiger partial charge in [0.2, 0.25) is 0 Å². The number of phenolic OH excluding ortho intramolecular Hbond substituents is 1. The zero-order chi connectivity index (χ0) is 18.2. The monoisotopic (exact) mass is 357 g/mol. The third-order valence-corrected chi connectivity index (χ3v) is 3.87. The van der Waals surface area contributed by atoms with Gasteiger partial charge in [-0.3, -0.25) is 20.2 Å². The molecular weight excluding hydrogens is 334 g/mol. The van der Waals surface area contributed by atoms with Crippen LogP contribution in [0.4, 0.5) is 0 Å². The Morgan fingerprint density at radius 2 is 1.88 bits per heavy atom. The van der Waals surface area contributed by atoms with Crippen LogP contribution in [0.2, 0.25) is 0 Å². The Kier molecular flexibility index (Phi) is 7.37. The van der Waals surface area contributed by atoms with Crippen LogP contribution in [-0.2, 0) is 9.57 Å². The van der Waals surface area contributed by atoms with Crippen molar-refractivity contribution in [3.05, 3.63) is 23.8 Å². The van der Waals surface area contributed by atoms with Crippen molar-refractivity contribution < 1.29 is 34.6 Å². The third-order valence-electron chi connectivity index (χ3n) is 3.87. The molecule has 0 unspecified atom stereocenters. The zero-order valence-electron chi connectivity index (χ0n) is 14.0. The van der Waals surface area contributed by atoms with Gasteiger partial charge in [0.15, 0.2) is 11.5 Å². The van der Waals surface area contributed by atoms with E-state index in [1.165, 1.54) is 25.3 Å². The van der Waals surface area contributed by atoms with E-state index in [2.05, 4.69) is 9.74 Å². The van der Waals surface area contributed by atoms with Crippen LogP contribution in [0.15, 0.2) is 18.2 Å². The van der Waals surface area contributed by atoms with Crippen molar-refractivity contribution in [2.24, 2.45) is 0 Å². The van der Waals surface area contributed by atoms with E-state index >= 15 is 0 Å². The summed E-state index contributed by atoms with van der Waals surface area (Å²) in [6, 6.07) is 4.29. The predicted molar refractivity (Wildman–Crippen MR) is 84.3 cm³/mol. The van der Waals surface area contributed by atoms with Crippen LogP contribution < -0.4 is 4.74 Å². The molecule has 1 aromatic rings. The summed E-state index contributed by atoms with van der Waals surface area (Å²) in [7, 11) is 1.41. The number of aromatic hydroxyl groups is 1. The molecule has 1 aromatic carbocycles. The van der Waals surface area contributed by atoms with Gasteiger partial charge in [0, 0.05) is 32.7 Å². The average molecular weight is 357 g/mol. The number of hydrogen-bond donors (Lipinski definition) is 3. The maximum Gasteiger partial charge on any atom is 0.339 e. The van der Waals surface area contributed by atoms with Crippen molar-refractivity contribution in [1.29, 1.82) is 0 Å². The molecule has 0 bridgehead atoms. The van der Waals surface area contributed by atoms with Gasteiger partial charge in [-0.1, -0.05) is 0 Å². The lowest BCUT2D eigenvalue weighted by Gasteiger charge is -2.33. The van der Waals surface area contributed by atoms with E-state index in [-0.39, 0.29) is 30.2 Å². The second-order valence-electron chi connectivity index (χ2n) is 5.49. The molecule has 0 saturated carbocycles. The molecule has 1 fully saturated rings. The van der Waals surface area contributed by atoms with E-state index in [9.17, 15) is 9.90 Å². The molecule has 0 radical (unpaired) electrons. The first-order valence-corrected chi connectivity index (χ1v) is 7.79. The van der Waals surface area contributed by atoms with E-state index in [1.807, 2.05) is 4.90 Å². The predicted octanol–water partition coefficient (Wildman–Crippen LogP) is 0.145. The lowest BCUT2D eigenvalue weighted by Crippen LogP contribution is -2.48. The second-order valence-corrected chi connectivity index (χ2v) is 5.49. The highest BCUT2D eigenvalue weighted by atomic mass is 17.1.